The molecule has 0 aliphatic heterocycles. The summed E-state index contributed by atoms with van der Waals surface area (Å²) >= 11 is 0. The Morgan fingerprint density at radius 3 is 1.57 bits per heavy atom. The molecule has 2 aromatic rings. The second-order valence-electron chi connectivity index (χ2n) is 3.30. The molecule has 0 spiro atoms. The Labute approximate surface area is 112 Å². The van der Waals surface area contributed by atoms with Gasteiger partial charge in [-0.2, -0.15) is 4.31 Å². The van der Waals surface area contributed by atoms with Gasteiger partial charge in [-0.15, -0.1) is 0 Å². The maximum atomic E-state index is 10.9. The molecule has 2 aromatic heterocycles. The van der Waals surface area contributed by atoms with E-state index in [9.17, 15) is 23.5 Å². The predicted octanol–water partition coefficient (Wildman–Crippen LogP) is -2.58. The maximum Gasteiger partial charge on any atom is 0.478 e. The zero-order chi connectivity index (χ0) is 16.4. The van der Waals surface area contributed by atoms with E-state index in [0.29, 0.717) is 0 Å². The minimum Gasteiger partial charge on any atom is -0.302 e. The molecular formula is C5H8N4O10P2. The van der Waals surface area contributed by atoms with Gasteiger partial charge in [-0.05, 0) is 0 Å². The Balaban J connectivity index is 0.000000222. The number of hydrogen-bond acceptors (Lipinski definition) is 6. The van der Waals surface area contributed by atoms with Gasteiger partial charge in [0.1, 0.15) is 11.2 Å². The number of imidazole rings is 1. The molecule has 2 rings (SSSR count). The molecule has 0 aromatic carbocycles. The van der Waals surface area contributed by atoms with Gasteiger partial charge in [0.2, 0.25) is 0 Å². The summed E-state index contributed by atoms with van der Waals surface area (Å²) in [7, 11) is -10.1. The standard InChI is InChI=1S/C5H4N4O3.H4O7P2/c10-3-1-2(7-4(11)6-1)8-5(12)9-3;1-8(2,3)7-9(4,5)6/h(H4,6,7,8,9,10,11,12);(H2,1,2,3)(H2,4,5,6). The molecule has 0 radical (unpaired) electrons. The van der Waals surface area contributed by atoms with Crippen LogP contribution in [0.2, 0.25) is 0 Å². The summed E-state index contributed by atoms with van der Waals surface area (Å²) in [4.78, 5) is 72.0. The van der Waals surface area contributed by atoms with Crippen LogP contribution in [0.15, 0.2) is 14.4 Å². The number of aromatic nitrogens is 4. The van der Waals surface area contributed by atoms with E-state index >= 15 is 0 Å². The van der Waals surface area contributed by atoms with Gasteiger partial charge in [0.25, 0.3) is 5.56 Å². The number of fused-ring (bicyclic) bond motifs is 1. The van der Waals surface area contributed by atoms with Crippen LogP contribution in [0.5, 0.6) is 0 Å². The van der Waals surface area contributed by atoms with Crippen LogP contribution in [0.25, 0.3) is 11.2 Å². The number of phosphoric acid groups is 2. The second-order valence-corrected chi connectivity index (χ2v) is 5.92. The molecule has 0 unspecified atom stereocenters. The first-order valence-electron chi connectivity index (χ1n) is 4.64. The number of hydrogen-bond donors (Lipinski definition) is 8. The Morgan fingerprint density at radius 1 is 0.762 bits per heavy atom. The van der Waals surface area contributed by atoms with Crippen LogP contribution in [0, 0.1) is 0 Å². The molecule has 14 nitrogen and oxygen atoms in total. The molecule has 0 atom stereocenters. The third kappa shape index (κ3) is 6.01. The maximum absolute atomic E-state index is 10.9. The van der Waals surface area contributed by atoms with Crippen LogP contribution in [0.4, 0.5) is 0 Å². The number of H-pyrrole nitrogens is 4. The van der Waals surface area contributed by atoms with E-state index in [-0.39, 0.29) is 11.2 Å². The summed E-state index contributed by atoms with van der Waals surface area (Å²) in [5.74, 6) is 0. The highest BCUT2D eigenvalue weighted by atomic mass is 31.3. The average molecular weight is 346 g/mol. The van der Waals surface area contributed by atoms with Crippen molar-refractivity contribution in [2.45, 2.75) is 0 Å². The minimum atomic E-state index is -5.05. The van der Waals surface area contributed by atoms with Crippen molar-refractivity contribution < 1.29 is 33.0 Å². The van der Waals surface area contributed by atoms with Crippen molar-refractivity contribution in [1.29, 1.82) is 0 Å². The smallest absolute Gasteiger partial charge is 0.302 e. The summed E-state index contributed by atoms with van der Waals surface area (Å²) in [6, 6.07) is 0. The van der Waals surface area contributed by atoms with E-state index in [1.807, 2.05) is 4.98 Å². The molecular weight excluding hydrogens is 338 g/mol. The Hall–Kier alpha value is -1.79. The van der Waals surface area contributed by atoms with Crippen LogP contribution in [-0.2, 0) is 13.4 Å². The van der Waals surface area contributed by atoms with Crippen LogP contribution in [0.1, 0.15) is 0 Å². The Kier molecular flexibility index (Phi) is 4.86. The summed E-state index contributed by atoms with van der Waals surface area (Å²) in [5.41, 5.74) is -1.65. The van der Waals surface area contributed by atoms with Crippen molar-refractivity contribution in [3.63, 3.8) is 0 Å². The molecule has 21 heavy (non-hydrogen) atoms. The van der Waals surface area contributed by atoms with Crippen LogP contribution >= 0.6 is 15.6 Å². The molecule has 0 saturated heterocycles. The normalized spacial score (nSPS) is 12.0. The highest BCUT2D eigenvalue weighted by Gasteiger charge is 2.27. The zero-order valence-corrected chi connectivity index (χ0v) is 11.4. The largest absolute Gasteiger partial charge is 0.478 e. The van der Waals surface area contributed by atoms with E-state index in [1.165, 1.54) is 0 Å². The Bertz CT molecular complexity index is 870. The van der Waals surface area contributed by atoms with Crippen LogP contribution in [0.3, 0.4) is 0 Å². The molecule has 0 fully saturated rings. The lowest BCUT2D eigenvalue weighted by atomic mass is 10.5. The van der Waals surface area contributed by atoms with Crippen molar-refractivity contribution in [1.82, 2.24) is 19.9 Å². The van der Waals surface area contributed by atoms with Gasteiger partial charge in [0.15, 0.2) is 0 Å². The van der Waals surface area contributed by atoms with Gasteiger partial charge in [0, 0.05) is 0 Å². The summed E-state index contributed by atoms with van der Waals surface area (Å²) in [6.07, 6.45) is 0. The van der Waals surface area contributed by atoms with Crippen molar-refractivity contribution in [2.75, 3.05) is 0 Å². The highest BCUT2D eigenvalue weighted by molar-refractivity contribution is 7.60. The first-order valence-corrected chi connectivity index (χ1v) is 7.70. The lowest BCUT2D eigenvalue weighted by Gasteiger charge is -2.03. The fourth-order valence-electron chi connectivity index (χ4n) is 1.10. The molecule has 0 saturated carbocycles. The van der Waals surface area contributed by atoms with Crippen molar-refractivity contribution >= 4 is 26.8 Å². The van der Waals surface area contributed by atoms with Crippen molar-refractivity contribution in [3.05, 3.63) is 31.3 Å². The lowest BCUT2D eigenvalue weighted by molar-refractivity contribution is 0.225. The van der Waals surface area contributed by atoms with E-state index in [4.69, 9.17) is 19.6 Å². The fraction of sp³-hybridized carbons (Fsp3) is 0. The summed E-state index contributed by atoms with van der Waals surface area (Å²) < 4.78 is 22.2. The molecule has 118 valence electrons. The molecule has 2 heterocycles. The molecule has 0 aliphatic carbocycles. The molecule has 0 aliphatic rings. The molecule has 0 bridgehead atoms. The van der Waals surface area contributed by atoms with Crippen molar-refractivity contribution in [2.24, 2.45) is 0 Å². The third-order valence-electron chi connectivity index (χ3n) is 1.63. The van der Waals surface area contributed by atoms with E-state index in [2.05, 4.69) is 19.3 Å². The minimum absolute atomic E-state index is 0.0413. The van der Waals surface area contributed by atoms with Gasteiger partial charge in [-0.1, -0.05) is 0 Å². The highest BCUT2D eigenvalue weighted by Crippen LogP contribution is 2.53. The second kappa shape index (κ2) is 5.91. The quantitative estimate of drug-likeness (QED) is 0.264. The SMILES string of the molecule is O=P(O)(O)OP(=O)(O)O.O=c1[nH]c(=O)c2[nH]c(=O)[nH]c2[nH]1. The van der Waals surface area contributed by atoms with Crippen molar-refractivity contribution in [3.8, 4) is 0 Å². The molecule has 8 N–H and O–H groups in total. The third-order valence-corrected chi connectivity index (χ3v) is 3.33. The first-order chi connectivity index (χ1) is 9.37. The summed E-state index contributed by atoms with van der Waals surface area (Å²) in [6.45, 7) is 0. The van der Waals surface area contributed by atoms with Crippen LogP contribution < -0.4 is 16.9 Å². The summed E-state index contributed by atoms with van der Waals surface area (Å²) in [5, 5.41) is 0. The fourth-order valence-corrected chi connectivity index (χ4v) is 2.20. The molecule has 0 amide bonds. The first kappa shape index (κ1) is 17.3. The van der Waals surface area contributed by atoms with Crippen LogP contribution in [-0.4, -0.2) is 39.5 Å². The monoisotopic (exact) mass is 346 g/mol. The number of aromatic amines is 4. The average Bonchev–Trinajstić information content (AvgIpc) is 2.53. The van der Waals surface area contributed by atoms with E-state index in [0.717, 1.165) is 0 Å². The number of nitrogens with one attached hydrogen (secondary N) is 4. The van der Waals surface area contributed by atoms with Gasteiger partial charge in [-0.3, -0.25) is 24.7 Å². The lowest BCUT2D eigenvalue weighted by Crippen LogP contribution is -2.21. The number of rotatable bonds is 2. The van der Waals surface area contributed by atoms with E-state index < -0.39 is 32.6 Å². The predicted molar refractivity (Wildman–Crippen MR) is 65.3 cm³/mol. The Morgan fingerprint density at radius 2 is 1.19 bits per heavy atom. The topological polar surface area (TPSA) is 239 Å². The van der Waals surface area contributed by atoms with Gasteiger partial charge >= 0.3 is 27.0 Å². The van der Waals surface area contributed by atoms with E-state index in [1.54, 1.807) is 0 Å². The molecule has 16 heteroatoms. The van der Waals surface area contributed by atoms with Gasteiger partial charge < -0.3 is 19.6 Å². The zero-order valence-electron chi connectivity index (χ0n) is 9.63. The van der Waals surface area contributed by atoms with Gasteiger partial charge in [0.05, 0.1) is 0 Å². The van der Waals surface area contributed by atoms with Gasteiger partial charge in [-0.25, -0.2) is 18.7 Å².